The summed E-state index contributed by atoms with van der Waals surface area (Å²) in [5.41, 5.74) is 7.43. The van der Waals surface area contributed by atoms with Gasteiger partial charge >= 0.3 is 12.4 Å². The van der Waals surface area contributed by atoms with Crippen molar-refractivity contribution in [1.82, 2.24) is 4.90 Å². The number of aliphatic imine (C=N–C) groups is 1. The second-order valence-electron chi connectivity index (χ2n) is 11.0. The van der Waals surface area contributed by atoms with Crippen LogP contribution >= 0.6 is 0 Å². The highest BCUT2D eigenvalue weighted by Crippen LogP contribution is 2.38. The highest BCUT2D eigenvalue weighted by Gasteiger charge is 2.40. The van der Waals surface area contributed by atoms with Crippen LogP contribution in [-0.2, 0) is 14.4 Å². The fourth-order valence-electron chi connectivity index (χ4n) is 4.92. The number of primary amides is 1. The molecule has 0 saturated heterocycles. The number of rotatable bonds is 12. The molecule has 238 valence electrons. The van der Waals surface area contributed by atoms with Gasteiger partial charge < -0.3 is 20.7 Å². The Morgan fingerprint density at radius 1 is 1.07 bits per heavy atom. The van der Waals surface area contributed by atoms with Gasteiger partial charge in [0.05, 0.1) is 17.5 Å². The molecule has 4 rings (SSSR count). The fraction of sp³-hybridized carbons (Fsp3) is 0.467. The lowest BCUT2D eigenvalue weighted by molar-refractivity contribution is -0.152. The smallest absolute Gasteiger partial charge is 0.389 e. The number of halogens is 6. The molecule has 44 heavy (non-hydrogen) atoms. The van der Waals surface area contributed by atoms with Gasteiger partial charge in [0.1, 0.15) is 5.75 Å². The number of carbonyl (C=O) groups excluding carboxylic acids is 3. The van der Waals surface area contributed by atoms with Gasteiger partial charge in [-0.1, -0.05) is 35.9 Å². The summed E-state index contributed by atoms with van der Waals surface area (Å²) in [5.74, 6) is -4.45. The van der Waals surface area contributed by atoms with Crippen molar-refractivity contribution in [3.63, 3.8) is 0 Å². The summed E-state index contributed by atoms with van der Waals surface area (Å²) in [4.78, 5) is 44.6. The van der Waals surface area contributed by atoms with Gasteiger partial charge in [-0.15, -0.1) is 0 Å². The summed E-state index contributed by atoms with van der Waals surface area (Å²) in [6.07, 6.45) is -14.6. The molecule has 3 N–H and O–H groups in total. The molecule has 1 heterocycles. The van der Waals surface area contributed by atoms with Crippen molar-refractivity contribution in [3.05, 3.63) is 59.2 Å². The van der Waals surface area contributed by atoms with E-state index in [2.05, 4.69) is 10.3 Å². The summed E-state index contributed by atoms with van der Waals surface area (Å²) in [6.45, 7) is 1.14. The molecule has 0 spiro atoms. The molecule has 2 aromatic carbocycles. The Kier molecular flexibility index (Phi) is 9.89. The van der Waals surface area contributed by atoms with E-state index in [0.29, 0.717) is 21.8 Å². The van der Waals surface area contributed by atoms with Crippen molar-refractivity contribution >= 4 is 29.1 Å². The molecule has 3 amide bonds. The quantitative estimate of drug-likeness (QED) is 0.296. The number of amides is 3. The number of nitrogens with two attached hydrogens (primary N) is 1. The average Bonchev–Trinajstić information content (AvgIpc) is 3.75. The number of nitrogens with zero attached hydrogens (tertiary/aromatic N) is 2. The van der Waals surface area contributed by atoms with Crippen LogP contribution in [0.1, 0.15) is 61.6 Å². The van der Waals surface area contributed by atoms with Crippen LogP contribution in [0.25, 0.3) is 0 Å². The number of anilines is 1. The highest BCUT2D eigenvalue weighted by molar-refractivity contribution is 6.20. The second kappa shape index (κ2) is 13.3. The van der Waals surface area contributed by atoms with Crippen LogP contribution in [0, 0.1) is 12.8 Å². The van der Waals surface area contributed by atoms with Crippen molar-refractivity contribution in [2.75, 3.05) is 11.9 Å². The number of benzene rings is 2. The molecule has 2 atom stereocenters. The monoisotopic (exact) mass is 626 g/mol. The van der Waals surface area contributed by atoms with E-state index in [1.807, 2.05) is 13.0 Å². The number of para-hydroxylation sites is 1. The first-order valence-corrected chi connectivity index (χ1v) is 14.1. The summed E-state index contributed by atoms with van der Waals surface area (Å²) in [6, 6.07) is 12.0. The minimum atomic E-state index is -4.69. The molecular weight excluding hydrogens is 594 g/mol. The predicted octanol–water partition coefficient (Wildman–Crippen LogP) is 5.66. The molecule has 2 aliphatic rings. The normalized spacial score (nSPS) is 17.6. The van der Waals surface area contributed by atoms with E-state index in [1.165, 1.54) is 0 Å². The van der Waals surface area contributed by atoms with Crippen LogP contribution in [0.2, 0.25) is 0 Å². The van der Waals surface area contributed by atoms with Crippen LogP contribution in [0.5, 0.6) is 5.75 Å². The van der Waals surface area contributed by atoms with Crippen molar-refractivity contribution in [2.24, 2.45) is 16.6 Å². The number of benzodiazepines with no additional fused rings is 1. The molecule has 0 bridgehead atoms. The van der Waals surface area contributed by atoms with E-state index < -0.39 is 80.8 Å². The fourth-order valence-corrected chi connectivity index (χ4v) is 4.92. The summed E-state index contributed by atoms with van der Waals surface area (Å²) in [5, 5.41) is 2.70. The lowest BCUT2D eigenvalue weighted by Crippen LogP contribution is -2.49. The Hall–Kier alpha value is -4.10. The standard InChI is InChI=1S/C30H32F6N4O4/c1-17-5-2-6-18(15-17)24-21-7-3-8-22(44-20-9-10-20)25(21)39-27(42)26(38-24)40(14-4-12-29(31,32)33)28(43)19(16-23(37)41)11-13-30(34,35)36/h2-3,5-8,15,19-20,26H,4,9-14,16H2,1H3,(H2,37,41)(H,39,42)/t19-,26+/m1/s1. The maximum Gasteiger partial charge on any atom is 0.389 e. The second-order valence-corrected chi connectivity index (χ2v) is 11.0. The van der Waals surface area contributed by atoms with Crippen LogP contribution in [-0.4, -0.2) is 59.5 Å². The van der Waals surface area contributed by atoms with E-state index in [-0.39, 0.29) is 17.5 Å². The third kappa shape index (κ3) is 8.96. The molecule has 1 aliphatic carbocycles. The SMILES string of the molecule is Cc1cccc(C2=N[C@@H](N(CCCC(F)(F)F)C(=O)[C@H](CCC(F)(F)F)CC(N)=O)C(=O)Nc3c(OC4CC4)cccc32)c1. The number of alkyl halides is 6. The lowest BCUT2D eigenvalue weighted by atomic mass is 9.96. The Morgan fingerprint density at radius 2 is 1.75 bits per heavy atom. The maximum absolute atomic E-state index is 13.8. The molecular formula is C30H32F6N4O4. The van der Waals surface area contributed by atoms with Crippen molar-refractivity contribution in [1.29, 1.82) is 0 Å². The molecule has 8 nitrogen and oxygen atoms in total. The molecule has 1 saturated carbocycles. The lowest BCUT2D eigenvalue weighted by Gasteiger charge is -2.31. The Balaban J connectivity index is 1.81. The molecule has 14 heteroatoms. The number of ether oxygens (including phenoxy) is 1. The van der Waals surface area contributed by atoms with Gasteiger partial charge in [-0.2, -0.15) is 26.3 Å². The summed E-state index contributed by atoms with van der Waals surface area (Å²) < 4.78 is 84.7. The van der Waals surface area contributed by atoms with Gasteiger partial charge in [0.2, 0.25) is 18.0 Å². The van der Waals surface area contributed by atoms with Gasteiger partial charge in [0.25, 0.3) is 5.91 Å². The minimum absolute atomic E-state index is 0.0690. The van der Waals surface area contributed by atoms with Crippen LogP contribution < -0.4 is 15.8 Å². The van der Waals surface area contributed by atoms with Crippen LogP contribution in [0.3, 0.4) is 0 Å². The average molecular weight is 627 g/mol. The van der Waals surface area contributed by atoms with Gasteiger partial charge in [-0.3, -0.25) is 14.4 Å². The van der Waals surface area contributed by atoms with Crippen molar-refractivity contribution < 1.29 is 45.5 Å². The summed E-state index contributed by atoms with van der Waals surface area (Å²) >= 11 is 0. The van der Waals surface area contributed by atoms with E-state index in [0.717, 1.165) is 18.4 Å². The van der Waals surface area contributed by atoms with Gasteiger partial charge in [-0.25, -0.2) is 4.99 Å². The zero-order chi connectivity index (χ0) is 32.2. The predicted molar refractivity (Wildman–Crippen MR) is 149 cm³/mol. The van der Waals surface area contributed by atoms with Crippen molar-refractivity contribution in [2.45, 2.75) is 76.5 Å². The number of hydrogen-bond donors (Lipinski definition) is 2. The number of carbonyl (C=O) groups is 3. The highest BCUT2D eigenvalue weighted by atomic mass is 19.4. The van der Waals surface area contributed by atoms with Crippen LogP contribution in [0.4, 0.5) is 32.0 Å². The van der Waals surface area contributed by atoms with Gasteiger partial charge in [0.15, 0.2) is 0 Å². The van der Waals surface area contributed by atoms with E-state index in [1.54, 1.807) is 36.4 Å². The molecule has 0 radical (unpaired) electrons. The third-order valence-corrected chi connectivity index (χ3v) is 7.14. The van der Waals surface area contributed by atoms with Gasteiger partial charge in [-0.05, 0) is 44.7 Å². The first kappa shape index (κ1) is 32.8. The number of nitrogens with one attached hydrogen (secondary N) is 1. The largest absolute Gasteiger partial charge is 0.488 e. The minimum Gasteiger partial charge on any atom is -0.488 e. The Morgan fingerprint density at radius 3 is 2.36 bits per heavy atom. The topological polar surface area (TPSA) is 114 Å². The molecule has 0 unspecified atom stereocenters. The Labute approximate surface area is 249 Å². The van der Waals surface area contributed by atoms with Crippen molar-refractivity contribution in [3.8, 4) is 5.75 Å². The molecule has 1 aliphatic heterocycles. The third-order valence-electron chi connectivity index (χ3n) is 7.14. The number of fused-ring (bicyclic) bond motifs is 1. The van der Waals surface area contributed by atoms with E-state index in [4.69, 9.17) is 10.5 Å². The first-order chi connectivity index (χ1) is 20.6. The maximum atomic E-state index is 13.8. The molecule has 1 fully saturated rings. The van der Waals surface area contributed by atoms with E-state index >= 15 is 0 Å². The van der Waals surface area contributed by atoms with E-state index in [9.17, 15) is 40.7 Å². The number of aryl methyl sites for hydroxylation is 1. The first-order valence-electron chi connectivity index (χ1n) is 14.1. The Bertz CT molecular complexity index is 1420. The molecule has 0 aromatic heterocycles. The van der Waals surface area contributed by atoms with Gasteiger partial charge in [0, 0.05) is 42.9 Å². The molecule has 2 aromatic rings. The zero-order valence-corrected chi connectivity index (χ0v) is 23.8. The summed E-state index contributed by atoms with van der Waals surface area (Å²) in [7, 11) is 0. The zero-order valence-electron chi connectivity index (χ0n) is 23.8. The number of hydrogen-bond acceptors (Lipinski definition) is 5. The van der Waals surface area contributed by atoms with Crippen LogP contribution in [0.15, 0.2) is 47.5 Å².